The van der Waals surface area contributed by atoms with Gasteiger partial charge in [-0.1, -0.05) is 48.9 Å². The topological polar surface area (TPSA) is 83.0 Å². The highest BCUT2D eigenvalue weighted by atomic mass is 16.5. The van der Waals surface area contributed by atoms with E-state index in [-0.39, 0.29) is 12.0 Å². The van der Waals surface area contributed by atoms with Gasteiger partial charge in [0.15, 0.2) is 0 Å². The number of unbranched alkanes of at least 4 members (excludes halogenated alkanes) is 1. The monoisotopic (exact) mass is 316 g/mol. The van der Waals surface area contributed by atoms with Crippen molar-refractivity contribution in [1.82, 2.24) is 15.0 Å². The number of nitrogens with two attached hydrogens (primary N) is 1. The van der Waals surface area contributed by atoms with Crippen LogP contribution in [0, 0.1) is 0 Å². The van der Waals surface area contributed by atoms with Crippen molar-refractivity contribution < 1.29 is 9.53 Å². The molecule has 6 heteroatoms. The fourth-order valence-electron chi connectivity index (χ4n) is 2.33. The van der Waals surface area contributed by atoms with Crippen molar-refractivity contribution in [2.24, 2.45) is 5.73 Å². The van der Waals surface area contributed by atoms with E-state index in [4.69, 9.17) is 10.5 Å². The van der Waals surface area contributed by atoms with E-state index in [0.717, 1.165) is 24.1 Å². The average molecular weight is 316 g/mol. The Bertz CT molecular complexity index is 612. The number of carbonyl (C=O) groups excluding carboxylic acids is 1. The number of benzene rings is 1. The summed E-state index contributed by atoms with van der Waals surface area (Å²) in [5, 5.41) is 7.92. The number of carbonyl (C=O) groups is 1. The van der Waals surface area contributed by atoms with Crippen LogP contribution in [0.25, 0.3) is 0 Å². The maximum Gasteiger partial charge on any atom is 0.330 e. The van der Waals surface area contributed by atoms with Gasteiger partial charge in [-0.05, 0) is 25.3 Å². The highest BCUT2D eigenvalue weighted by molar-refractivity contribution is 5.73. The van der Waals surface area contributed by atoms with Gasteiger partial charge in [-0.2, -0.15) is 0 Å². The van der Waals surface area contributed by atoms with Crippen LogP contribution in [0.3, 0.4) is 0 Å². The summed E-state index contributed by atoms with van der Waals surface area (Å²) in [5.41, 5.74) is 8.14. The summed E-state index contributed by atoms with van der Waals surface area (Å²) in [6, 6.07) is 9.16. The molecule has 2 N–H and O–H groups in total. The number of hydrogen-bond acceptors (Lipinski definition) is 5. The van der Waals surface area contributed by atoms with Crippen molar-refractivity contribution in [1.29, 1.82) is 0 Å². The van der Waals surface area contributed by atoms with E-state index in [2.05, 4.69) is 17.2 Å². The van der Waals surface area contributed by atoms with Crippen molar-refractivity contribution >= 4 is 5.97 Å². The molecule has 0 amide bonds. The minimum absolute atomic E-state index is 0.279. The standard InChI is InChI=1S/C17H24N4O2/c1-3-4-10-23-17(22)13(2)21-16(12-19-20-21)15(18)11-14-8-6-5-7-9-14/h5-9,12-13,15H,3-4,10-11,18H2,1-2H3/t13?,15-/m0/s1. The summed E-state index contributed by atoms with van der Waals surface area (Å²) in [6.45, 7) is 4.23. The Labute approximate surface area is 136 Å². The second-order valence-corrected chi connectivity index (χ2v) is 5.60. The third kappa shape index (κ3) is 4.63. The Hall–Kier alpha value is -2.21. The zero-order chi connectivity index (χ0) is 16.7. The van der Waals surface area contributed by atoms with Crippen LogP contribution in [0.1, 0.15) is 50.0 Å². The fraction of sp³-hybridized carbons (Fsp3) is 0.471. The minimum Gasteiger partial charge on any atom is -0.464 e. The second kappa shape index (κ2) is 8.43. The van der Waals surface area contributed by atoms with Gasteiger partial charge in [-0.3, -0.25) is 0 Å². The summed E-state index contributed by atoms with van der Waals surface area (Å²) in [4.78, 5) is 12.1. The van der Waals surface area contributed by atoms with E-state index in [9.17, 15) is 4.79 Å². The van der Waals surface area contributed by atoms with Gasteiger partial charge in [-0.25, -0.2) is 9.48 Å². The van der Waals surface area contributed by atoms with Crippen LogP contribution < -0.4 is 5.73 Å². The molecule has 0 saturated heterocycles. The number of ether oxygens (including phenoxy) is 1. The van der Waals surface area contributed by atoms with Crippen molar-refractivity contribution in [3.8, 4) is 0 Å². The predicted octanol–water partition coefficient (Wildman–Crippen LogP) is 2.42. The molecular formula is C17H24N4O2. The van der Waals surface area contributed by atoms with Gasteiger partial charge < -0.3 is 10.5 Å². The molecule has 1 aromatic heterocycles. The van der Waals surface area contributed by atoms with E-state index in [1.165, 1.54) is 0 Å². The Balaban J connectivity index is 2.04. The molecule has 0 bridgehead atoms. The lowest BCUT2D eigenvalue weighted by atomic mass is 10.0. The lowest BCUT2D eigenvalue weighted by molar-refractivity contribution is -0.147. The Morgan fingerprint density at radius 2 is 2.09 bits per heavy atom. The molecule has 23 heavy (non-hydrogen) atoms. The van der Waals surface area contributed by atoms with Crippen LogP contribution >= 0.6 is 0 Å². The zero-order valence-corrected chi connectivity index (χ0v) is 13.7. The van der Waals surface area contributed by atoms with Crippen molar-refractivity contribution in [2.75, 3.05) is 6.61 Å². The zero-order valence-electron chi connectivity index (χ0n) is 13.7. The molecule has 0 aliphatic rings. The summed E-state index contributed by atoms with van der Waals surface area (Å²) >= 11 is 0. The number of rotatable bonds is 8. The summed E-state index contributed by atoms with van der Waals surface area (Å²) in [6.07, 6.45) is 4.11. The number of aromatic nitrogens is 3. The molecular weight excluding hydrogens is 292 g/mol. The molecule has 6 nitrogen and oxygen atoms in total. The maximum atomic E-state index is 12.1. The molecule has 1 aromatic carbocycles. The van der Waals surface area contributed by atoms with Crippen molar-refractivity contribution in [3.63, 3.8) is 0 Å². The van der Waals surface area contributed by atoms with Crippen molar-refractivity contribution in [2.45, 2.75) is 45.2 Å². The van der Waals surface area contributed by atoms with Crippen LogP contribution in [0.5, 0.6) is 0 Å². The first-order valence-corrected chi connectivity index (χ1v) is 7.99. The molecule has 0 aliphatic heterocycles. The van der Waals surface area contributed by atoms with Crippen LogP contribution in [0.2, 0.25) is 0 Å². The average Bonchev–Trinajstić information content (AvgIpc) is 3.05. The van der Waals surface area contributed by atoms with Gasteiger partial charge in [0.2, 0.25) is 0 Å². The number of hydrogen-bond donors (Lipinski definition) is 1. The van der Waals surface area contributed by atoms with Crippen LogP contribution in [0.15, 0.2) is 36.5 Å². The van der Waals surface area contributed by atoms with Gasteiger partial charge in [0.05, 0.1) is 24.5 Å². The molecule has 2 rings (SSSR count). The van der Waals surface area contributed by atoms with Gasteiger partial charge in [0, 0.05) is 0 Å². The molecule has 0 aliphatic carbocycles. The molecule has 0 saturated carbocycles. The van der Waals surface area contributed by atoms with E-state index in [1.54, 1.807) is 17.8 Å². The quantitative estimate of drug-likeness (QED) is 0.597. The third-order valence-corrected chi connectivity index (χ3v) is 3.73. The summed E-state index contributed by atoms with van der Waals surface area (Å²) in [5.74, 6) is -0.308. The Morgan fingerprint density at radius 3 is 2.78 bits per heavy atom. The second-order valence-electron chi connectivity index (χ2n) is 5.60. The molecule has 0 fully saturated rings. The molecule has 2 aromatic rings. The number of esters is 1. The van der Waals surface area contributed by atoms with Crippen molar-refractivity contribution in [3.05, 3.63) is 47.8 Å². The first kappa shape index (κ1) is 17.1. The lowest BCUT2D eigenvalue weighted by Gasteiger charge is -2.17. The van der Waals surface area contributed by atoms with Crippen LogP contribution in [-0.2, 0) is 16.0 Å². The Kier molecular flexibility index (Phi) is 6.29. The maximum absolute atomic E-state index is 12.1. The predicted molar refractivity (Wildman–Crippen MR) is 87.7 cm³/mol. The van der Waals surface area contributed by atoms with Gasteiger partial charge in [0.25, 0.3) is 0 Å². The lowest BCUT2D eigenvalue weighted by Crippen LogP contribution is -2.26. The van der Waals surface area contributed by atoms with Gasteiger partial charge in [0.1, 0.15) is 6.04 Å². The first-order valence-electron chi connectivity index (χ1n) is 7.99. The van der Waals surface area contributed by atoms with Crippen LogP contribution in [0.4, 0.5) is 0 Å². The number of nitrogens with zero attached hydrogens (tertiary/aromatic N) is 3. The highest BCUT2D eigenvalue weighted by Gasteiger charge is 2.23. The van der Waals surface area contributed by atoms with E-state index in [0.29, 0.717) is 13.0 Å². The Morgan fingerprint density at radius 1 is 1.35 bits per heavy atom. The van der Waals surface area contributed by atoms with Crippen LogP contribution in [-0.4, -0.2) is 27.6 Å². The first-order chi connectivity index (χ1) is 11.1. The normalized spacial score (nSPS) is 13.5. The molecule has 1 heterocycles. The molecule has 2 atom stereocenters. The fourth-order valence-corrected chi connectivity index (χ4v) is 2.33. The molecule has 124 valence electrons. The molecule has 0 spiro atoms. The highest BCUT2D eigenvalue weighted by Crippen LogP contribution is 2.19. The van der Waals surface area contributed by atoms with Gasteiger partial charge >= 0.3 is 5.97 Å². The minimum atomic E-state index is -0.536. The smallest absolute Gasteiger partial charge is 0.330 e. The summed E-state index contributed by atoms with van der Waals surface area (Å²) < 4.78 is 6.81. The molecule has 0 radical (unpaired) electrons. The van der Waals surface area contributed by atoms with E-state index < -0.39 is 6.04 Å². The SMILES string of the molecule is CCCCOC(=O)C(C)n1nncc1[C@@H](N)Cc1ccccc1. The van der Waals surface area contributed by atoms with E-state index in [1.807, 2.05) is 30.3 Å². The third-order valence-electron chi connectivity index (χ3n) is 3.73. The summed E-state index contributed by atoms with van der Waals surface area (Å²) in [7, 11) is 0. The van der Waals surface area contributed by atoms with E-state index >= 15 is 0 Å². The van der Waals surface area contributed by atoms with Gasteiger partial charge in [-0.15, -0.1) is 5.10 Å². The largest absolute Gasteiger partial charge is 0.464 e. The molecule has 1 unspecified atom stereocenters.